The molecule has 0 radical (unpaired) electrons. The van der Waals surface area contributed by atoms with Gasteiger partial charge in [0.15, 0.2) is 0 Å². The van der Waals surface area contributed by atoms with Crippen LogP contribution < -0.4 is 22.0 Å². The largest absolute Gasteiger partial charge is 0.390 e. The first kappa shape index (κ1) is 62.5. The zero-order valence-electron chi connectivity index (χ0n) is 48.4. The first-order valence-electron chi connectivity index (χ1n) is 29.9. The number of hydrogen-bond donors (Lipinski definition) is 4. The summed E-state index contributed by atoms with van der Waals surface area (Å²) in [5.41, 5.74) is -0.840. The molecule has 2 aromatic heterocycles. The highest BCUT2D eigenvalue weighted by atomic mass is 35.7. The summed E-state index contributed by atoms with van der Waals surface area (Å²) in [4.78, 5) is 58.3. The number of carbonyl (C=O) groups excluding carboxylic acids is 2. The van der Waals surface area contributed by atoms with Gasteiger partial charge in [-0.05, 0) is 139 Å². The number of aliphatic hydroxyl groups is 2. The number of aromatic nitrogens is 4. The van der Waals surface area contributed by atoms with Gasteiger partial charge >= 0.3 is 11.4 Å². The predicted octanol–water partition coefficient (Wildman–Crippen LogP) is 9.60. The van der Waals surface area contributed by atoms with E-state index in [0.717, 1.165) is 38.6 Å². The summed E-state index contributed by atoms with van der Waals surface area (Å²) in [7, 11) is -1.79. The van der Waals surface area contributed by atoms with Crippen LogP contribution in [0.3, 0.4) is 0 Å². The van der Waals surface area contributed by atoms with Gasteiger partial charge in [-0.15, -0.1) is 0 Å². The minimum absolute atomic E-state index is 0.0416. The summed E-state index contributed by atoms with van der Waals surface area (Å²) >= 11 is 6.11. The molecule has 444 valence electrons. The number of aliphatic hydroxyl groups excluding tert-OH is 1. The lowest BCUT2D eigenvalue weighted by Gasteiger charge is -2.25. The van der Waals surface area contributed by atoms with Crippen molar-refractivity contribution in [3.8, 4) is 0 Å². The van der Waals surface area contributed by atoms with E-state index in [4.69, 9.17) is 34.3 Å². The van der Waals surface area contributed by atoms with Crippen molar-refractivity contribution in [1.29, 1.82) is 0 Å². The van der Waals surface area contributed by atoms with Gasteiger partial charge in [-0.25, -0.2) is 18.9 Å². The van der Waals surface area contributed by atoms with Gasteiger partial charge in [0.2, 0.25) is 19.5 Å². The van der Waals surface area contributed by atoms with Crippen molar-refractivity contribution in [3.63, 3.8) is 0 Å². The lowest BCUT2D eigenvalue weighted by Crippen LogP contribution is -2.29. The van der Waals surface area contributed by atoms with Gasteiger partial charge in [0.25, 0.3) is 8.53 Å². The number of amides is 2. The summed E-state index contributed by atoms with van der Waals surface area (Å²) in [5.74, 6) is 0.420. The summed E-state index contributed by atoms with van der Waals surface area (Å²) in [6.45, 7) is 23.4. The number of nitrogens with zero attached hydrogens (tertiary/aromatic N) is 7. The Hall–Kier alpha value is -2.55. The lowest BCUT2D eigenvalue weighted by atomic mass is 9.99. The van der Waals surface area contributed by atoms with Gasteiger partial charge in [0, 0.05) is 62.2 Å². The topological polar surface area (TPSA) is 224 Å². The van der Waals surface area contributed by atoms with Crippen LogP contribution in [-0.4, -0.2) is 141 Å². The first-order valence-corrected chi connectivity index (χ1v) is 33.1. The monoisotopic (exact) mass is 1160 g/mol. The molecule has 23 heteroatoms. The molecular formula is C56H92ClN9O11P2. The van der Waals surface area contributed by atoms with E-state index in [9.17, 15) is 29.4 Å². The van der Waals surface area contributed by atoms with E-state index in [0.29, 0.717) is 37.3 Å². The molecule has 10 atom stereocenters. The number of carbonyl (C=O) groups is 2. The molecule has 79 heavy (non-hydrogen) atoms. The van der Waals surface area contributed by atoms with Crippen LogP contribution in [0.5, 0.6) is 0 Å². The van der Waals surface area contributed by atoms with E-state index in [2.05, 4.69) is 62.5 Å². The summed E-state index contributed by atoms with van der Waals surface area (Å²) in [5, 5.41) is 24.7. The highest BCUT2D eigenvalue weighted by Crippen LogP contribution is 2.70. The number of hydrogen-bond acceptors (Lipinski definition) is 16. The van der Waals surface area contributed by atoms with Crippen LogP contribution in [-0.2, 0) is 32.6 Å². The van der Waals surface area contributed by atoms with Crippen LogP contribution in [0.4, 0.5) is 11.6 Å². The predicted molar refractivity (Wildman–Crippen MR) is 307 cm³/mol. The van der Waals surface area contributed by atoms with Crippen LogP contribution in [0.15, 0.2) is 34.1 Å². The Morgan fingerprint density at radius 2 is 1.20 bits per heavy atom. The maximum absolute atomic E-state index is 12.6. The average molecular weight is 1160 g/mol. The molecule has 2 amide bonds. The van der Waals surface area contributed by atoms with E-state index in [-0.39, 0.29) is 70.4 Å². The quantitative estimate of drug-likeness (QED) is 0.129. The normalized spacial score (nSPS) is 31.2. The van der Waals surface area contributed by atoms with Crippen molar-refractivity contribution in [1.82, 2.24) is 33.3 Å². The Kier molecular flexibility index (Phi) is 21.7. The number of nitrogens with one attached hydrogen (secondary N) is 2. The van der Waals surface area contributed by atoms with Gasteiger partial charge in [-0.2, -0.15) is 9.97 Å². The van der Waals surface area contributed by atoms with Crippen molar-refractivity contribution >= 4 is 50.9 Å². The fourth-order valence-electron chi connectivity index (χ4n) is 12.0. The molecular weight excluding hydrogens is 1070 g/mol. The zero-order chi connectivity index (χ0) is 56.8. The molecule has 0 bridgehead atoms. The highest BCUT2D eigenvalue weighted by Gasteiger charge is 2.64. The number of fused-ring (bicyclic) bond motifs is 4. The van der Waals surface area contributed by atoms with Crippen LogP contribution in [0, 0.1) is 17.8 Å². The van der Waals surface area contributed by atoms with E-state index < -0.39 is 46.1 Å². The molecule has 4 saturated carbocycles. The van der Waals surface area contributed by atoms with Crippen LogP contribution in [0.1, 0.15) is 190 Å². The molecule has 10 aliphatic rings. The zero-order valence-corrected chi connectivity index (χ0v) is 50.9. The molecule has 8 heterocycles. The number of rotatable bonds is 14. The fourth-order valence-corrected chi connectivity index (χ4v) is 16.7. The SMILES string of the molecule is CCN(CC)CC.CC[C@H]1O[C@@H](n2ccc(NC(=O)C(C)C)nc2=O)CC1O.CC[C@H]1O[C@@H](n2ccc(NC(=O)C(C)C)nc2=O)CC1O[P@@]1OC2(CC2)[C@@H]2CCCN21.ClP1OC2(CC2)[C@@H]2CCCN21.OC1(C2CCCC2)CC1. The maximum atomic E-state index is 12.6. The van der Waals surface area contributed by atoms with Gasteiger partial charge in [0.05, 0.1) is 41.2 Å². The second-order valence-electron chi connectivity index (χ2n) is 23.7. The average Bonchev–Trinajstić information content (AvgIpc) is 4.22. The van der Waals surface area contributed by atoms with Crippen molar-refractivity contribution in [2.24, 2.45) is 17.8 Å². The van der Waals surface area contributed by atoms with Gasteiger partial charge in [0.1, 0.15) is 24.1 Å². The molecule has 20 nitrogen and oxygen atoms in total. The smallest absolute Gasteiger partial charge is 0.351 e. The van der Waals surface area contributed by atoms with E-state index in [1.165, 1.54) is 106 Å². The van der Waals surface area contributed by atoms with Crippen molar-refractivity contribution in [3.05, 3.63) is 45.5 Å². The van der Waals surface area contributed by atoms with Gasteiger partial charge < -0.3 is 48.8 Å². The molecule has 0 aromatic carbocycles. The number of ether oxygens (including phenoxy) is 2. The van der Waals surface area contributed by atoms with E-state index in [1.807, 2.05) is 6.92 Å². The molecule has 2 spiro atoms. The summed E-state index contributed by atoms with van der Waals surface area (Å²) in [6.07, 6.45) is 20.8. The second kappa shape index (κ2) is 27.4. The Morgan fingerprint density at radius 3 is 1.65 bits per heavy atom. The van der Waals surface area contributed by atoms with E-state index >= 15 is 0 Å². The summed E-state index contributed by atoms with van der Waals surface area (Å²) < 4.78 is 38.2. The number of halogens is 1. The molecule has 10 fully saturated rings. The van der Waals surface area contributed by atoms with Crippen LogP contribution in [0.2, 0.25) is 0 Å². The van der Waals surface area contributed by atoms with Gasteiger partial charge in [-0.3, -0.25) is 18.7 Å². The molecule has 6 aliphatic heterocycles. The van der Waals surface area contributed by atoms with Crippen LogP contribution >= 0.6 is 27.4 Å². The third-order valence-corrected chi connectivity index (χ3v) is 21.6. The molecule has 4 aliphatic carbocycles. The molecule has 12 rings (SSSR count). The minimum Gasteiger partial charge on any atom is -0.390 e. The van der Waals surface area contributed by atoms with Gasteiger partial charge in [-0.1, -0.05) is 75.2 Å². The molecule has 2 aromatic rings. The Morgan fingerprint density at radius 1 is 0.722 bits per heavy atom. The Balaban J connectivity index is 0.000000146. The minimum atomic E-state index is -1.07. The second-order valence-corrected chi connectivity index (χ2v) is 27.1. The summed E-state index contributed by atoms with van der Waals surface area (Å²) in [6, 6.07) is 4.38. The number of anilines is 2. The Labute approximate surface area is 475 Å². The van der Waals surface area contributed by atoms with E-state index in [1.54, 1.807) is 46.0 Å². The highest BCUT2D eigenvalue weighted by molar-refractivity contribution is 7.78. The van der Waals surface area contributed by atoms with Crippen LogP contribution in [0.25, 0.3) is 0 Å². The van der Waals surface area contributed by atoms with Crippen molar-refractivity contribution < 1.29 is 42.8 Å². The molecule has 6 saturated heterocycles. The molecule has 3 unspecified atom stereocenters. The Bertz CT molecular complexity index is 2450. The first-order chi connectivity index (χ1) is 37.8. The lowest BCUT2D eigenvalue weighted by molar-refractivity contribution is -0.119. The maximum Gasteiger partial charge on any atom is 0.351 e. The van der Waals surface area contributed by atoms with Crippen molar-refractivity contribution in [2.45, 2.75) is 244 Å². The third kappa shape index (κ3) is 15.2. The van der Waals surface area contributed by atoms with Crippen molar-refractivity contribution in [2.75, 3.05) is 43.4 Å². The standard InChI is InChI=1S/C21H31N4O5P.C14H21N3O4.C8H14O.C7H11ClNOP.C6H15N/c1-4-14-15(29-31-25-10-5-6-16(25)21(30-31)8-9-21)12-18(28-14)24-11-7-17(23-20(24)27)22-19(26)13(2)3;1-4-10-9(18)7-12(21-10)17-6-5-11(16-14(17)20)15-13(19)8(2)3;9-8(5-6-8)7-3-1-2-4-7;8-11-9-5-1-2-6(9)7(10-11)3-4-7;1-4-7(5-2)6-3/h7,11,13-16,18H,4-6,8-10,12H2,1-3H3,(H,22,23,26,27);5-6,8-10,12,18H,4,7H2,1-3H3,(H,15,16,19,20);7,9H,1-6H2;6H,1-5H2;4-6H2,1-3H3/t14-,15?,16+,18-,31+;9?,10-,12-;;6-,11?;/m11.0./s1. The third-order valence-electron chi connectivity index (χ3n) is 17.5. The molecule has 4 N–H and O–H groups in total. The fraction of sp³-hybridized carbons (Fsp3) is 0.821.